The molecule has 5 heteroatoms. The van der Waals surface area contributed by atoms with Crippen LogP contribution in [-0.4, -0.2) is 23.9 Å². The van der Waals surface area contributed by atoms with E-state index >= 15 is 0 Å². The smallest absolute Gasteiger partial charge is 0.239 e. The number of primary amides is 1. The summed E-state index contributed by atoms with van der Waals surface area (Å²) in [4.78, 5) is 22.2. The van der Waals surface area contributed by atoms with Crippen LogP contribution >= 0.6 is 0 Å². The first-order chi connectivity index (χ1) is 6.50. The van der Waals surface area contributed by atoms with Gasteiger partial charge in [0.05, 0.1) is 0 Å². The molecule has 0 radical (unpaired) electrons. The molecule has 0 bridgehead atoms. The maximum absolute atomic E-state index is 11.5. The van der Waals surface area contributed by atoms with Crippen molar-refractivity contribution in [1.82, 2.24) is 5.32 Å². The maximum atomic E-state index is 11.5. The Balaban J connectivity index is 2.39. The molecule has 0 spiro atoms. The summed E-state index contributed by atoms with van der Waals surface area (Å²) < 4.78 is 0. The van der Waals surface area contributed by atoms with E-state index in [4.69, 9.17) is 11.5 Å². The van der Waals surface area contributed by atoms with Gasteiger partial charge in [-0.3, -0.25) is 9.59 Å². The predicted octanol–water partition coefficient (Wildman–Crippen LogP) is -0.896. The van der Waals surface area contributed by atoms with Crippen molar-refractivity contribution in [3.63, 3.8) is 0 Å². The lowest BCUT2D eigenvalue weighted by Crippen LogP contribution is -2.44. The minimum Gasteiger partial charge on any atom is -0.368 e. The summed E-state index contributed by atoms with van der Waals surface area (Å²) in [6.07, 6.45) is 2.39. The van der Waals surface area contributed by atoms with Gasteiger partial charge in [-0.1, -0.05) is 0 Å². The topological polar surface area (TPSA) is 98.2 Å². The van der Waals surface area contributed by atoms with Gasteiger partial charge in [0.25, 0.3) is 0 Å². The van der Waals surface area contributed by atoms with Crippen molar-refractivity contribution in [2.24, 2.45) is 17.4 Å². The summed E-state index contributed by atoms with van der Waals surface area (Å²) in [5.74, 6) is -0.670. The first-order valence-corrected chi connectivity index (χ1v) is 4.86. The summed E-state index contributed by atoms with van der Waals surface area (Å²) in [7, 11) is 0. The van der Waals surface area contributed by atoms with Gasteiger partial charge in [-0.15, -0.1) is 0 Å². The molecule has 1 aliphatic rings. The quantitative estimate of drug-likeness (QED) is 0.549. The molecule has 80 valence electrons. The highest BCUT2D eigenvalue weighted by molar-refractivity contribution is 5.87. The predicted molar refractivity (Wildman–Crippen MR) is 52.1 cm³/mol. The molecule has 1 saturated carbocycles. The maximum Gasteiger partial charge on any atom is 0.239 e. The first-order valence-electron chi connectivity index (χ1n) is 4.86. The average Bonchev–Trinajstić information content (AvgIpc) is 2.51. The van der Waals surface area contributed by atoms with E-state index in [9.17, 15) is 9.59 Å². The van der Waals surface area contributed by atoms with Crippen molar-refractivity contribution >= 4 is 11.8 Å². The third-order valence-electron chi connectivity index (χ3n) is 2.63. The van der Waals surface area contributed by atoms with Crippen molar-refractivity contribution < 1.29 is 9.59 Å². The summed E-state index contributed by atoms with van der Waals surface area (Å²) in [5, 5.41) is 2.57. The van der Waals surface area contributed by atoms with Crippen LogP contribution in [0.1, 0.15) is 26.2 Å². The molecule has 0 saturated heterocycles. The van der Waals surface area contributed by atoms with Crippen LogP contribution in [-0.2, 0) is 9.59 Å². The van der Waals surface area contributed by atoms with Gasteiger partial charge in [0.15, 0.2) is 0 Å². The second-order valence-electron chi connectivity index (χ2n) is 3.90. The number of nitrogens with one attached hydrogen (secondary N) is 1. The van der Waals surface area contributed by atoms with E-state index in [1.54, 1.807) is 6.92 Å². The zero-order valence-corrected chi connectivity index (χ0v) is 8.32. The van der Waals surface area contributed by atoms with E-state index in [0.29, 0.717) is 6.42 Å². The fourth-order valence-electron chi connectivity index (χ4n) is 1.66. The third-order valence-corrected chi connectivity index (χ3v) is 2.63. The van der Waals surface area contributed by atoms with Gasteiger partial charge < -0.3 is 16.8 Å². The van der Waals surface area contributed by atoms with Crippen molar-refractivity contribution in [2.45, 2.75) is 38.3 Å². The summed E-state index contributed by atoms with van der Waals surface area (Å²) >= 11 is 0. The highest BCUT2D eigenvalue weighted by Gasteiger charge is 2.28. The molecule has 1 rings (SSSR count). The number of hydrogen-bond donors (Lipinski definition) is 3. The van der Waals surface area contributed by atoms with Crippen molar-refractivity contribution in [3.05, 3.63) is 0 Å². The van der Waals surface area contributed by atoms with E-state index in [2.05, 4.69) is 5.32 Å². The van der Waals surface area contributed by atoms with E-state index in [-0.39, 0.29) is 17.9 Å². The van der Waals surface area contributed by atoms with Crippen LogP contribution in [0.15, 0.2) is 0 Å². The second-order valence-corrected chi connectivity index (χ2v) is 3.90. The Labute approximate surface area is 83.2 Å². The van der Waals surface area contributed by atoms with Gasteiger partial charge in [-0.2, -0.15) is 0 Å². The van der Waals surface area contributed by atoms with Crippen LogP contribution < -0.4 is 16.8 Å². The van der Waals surface area contributed by atoms with Gasteiger partial charge in [0.2, 0.25) is 11.8 Å². The Bertz CT molecular complexity index is 242. The van der Waals surface area contributed by atoms with Crippen LogP contribution in [0.4, 0.5) is 0 Å². The Morgan fingerprint density at radius 1 is 1.43 bits per heavy atom. The van der Waals surface area contributed by atoms with Crippen molar-refractivity contribution in [1.29, 1.82) is 0 Å². The molecule has 1 fully saturated rings. The summed E-state index contributed by atoms with van der Waals surface area (Å²) in [6, 6.07) is -0.478. The van der Waals surface area contributed by atoms with Crippen LogP contribution in [0.3, 0.4) is 0 Å². The fraction of sp³-hybridized carbons (Fsp3) is 0.778. The van der Waals surface area contributed by atoms with Crippen LogP contribution in [0.25, 0.3) is 0 Å². The Morgan fingerprint density at radius 2 is 2.07 bits per heavy atom. The lowest BCUT2D eigenvalue weighted by Gasteiger charge is -2.14. The molecule has 0 aliphatic heterocycles. The zero-order valence-electron chi connectivity index (χ0n) is 8.32. The van der Waals surface area contributed by atoms with Gasteiger partial charge in [-0.05, 0) is 26.2 Å². The third kappa shape index (κ3) is 2.70. The van der Waals surface area contributed by atoms with E-state index in [1.807, 2.05) is 0 Å². The molecule has 14 heavy (non-hydrogen) atoms. The summed E-state index contributed by atoms with van der Waals surface area (Å²) in [5.41, 5.74) is 10.7. The molecule has 0 heterocycles. The normalized spacial score (nSPS) is 28.4. The number of carbonyl (C=O) groups is 2. The van der Waals surface area contributed by atoms with Crippen molar-refractivity contribution in [2.75, 3.05) is 0 Å². The fourth-order valence-corrected chi connectivity index (χ4v) is 1.66. The van der Waals surface area contributed by atoms with Crippen LogP contribution in [0.5, 0.6) is 0 Å². The van der Waals surface area contributed by atoms with Crippen LogP contribution in [0.2, 0.25) is 0 Å². The molecule has 0 aromatic carbocycles. The van der Waals surface area contributed by atoms with E-state index in [1.165, 1.54) is 0 Å². The molecule has 3 atom stereocenters. The highest BCUT2D eigenvalue weighted by atomic mass is 16.2. The molecular weight excluding hydrogens is 182 g/mol. The summed E-state index contributed by atoms with van der Waals surface area (Å²) in [6.45, 7) is 1.58. The monoisotopic (exact) mass is 199 g/mol. The lowest BCUT2D eigenvalue weighted by molar-refractivity contribution is -0.129. The number of hydrogen-bond acceptors (Lipinski definition) is 3. The standard InChI is InChI=1S/C9H17N3O2/c1-5(8(11)13)12-9(14)6-2-3-7(10)4-6/h5-7H,2-4,10H2,1H3,(H2,11,13)(H,12,14). The number of carbonyl (C=O) groups excluding carboxylic acids is 2. The van der Waals surface area contributed by atoms with E-state index in [0.717, 1.165) is 12.8 Å². The number of amides is 2. The average molecular weight is 199 g/mol. The molecular formula is C9H17N3O2. The number of nitrogens with two attached hydrogens (primary N) is 2. The first kappa shape index (κ1) is 11.0. The molecule has 5 nitrogen and oxygen atoms in total. The minimum atomic E-state index is -0.598. The number of rotatable bonds is 3. The SMILES string of the molecule is CC(NC(=O)C1CCC(N)C1)C(N)=O. The van der Waals surface area contributed by atoms with E-state index < -0.39 is 11.9 Å². The Morgan fingerprint density at radius 3 is 2.50 bits per heavy atom. The van der Waals surface area contributed by atoms with Gasteiger partial charge in [-0.25, -0.2) is 0 Å². The molecule has 5 N–H and O–H groups in total. The lowest BCUT2D eigenvalue weighted by atomic mass is 10.1. The highest BCUT2D eigenvalue weighted by Crippen LogP contribution is 2.24. The van der Waals surface area contributed by atoms with Gasteiger partial charge >= 0.3 is 0 Å². The second kappa shape index (κ2) is 4.41. The molecule has 3 unspecified atom stereocenters. The minimum absolute atomic E-state index is 0.0493. The molecule has 2 amide bonds. The van der Waals surface area contributed by atoms with Gasteiger partial charge in [0.1, 0.15) is 6.04 Å². The molecule has 1 aliphatic carbocycles. The largest absolute Gasteiger partial charge is 0.368 e. The molecule has 0 aromatic rings. The van der Waals surface area contributed by atoms with Crippen molar-refractivity contribution in [3.8, 4) is 0 Å². The Hall–Kier alpha value is -1.10. The Kier molecular flexibility index (Phi) is 3.46. The zero-order chi connectivity index (χ0) is 10.7. The van der Waals surface area contributed by atoms with Crippen LogP contribution in [0, 0.1) is 5.92 Å². The molecule has 0 aromatic heterocycles. The van der Waals surface area contributed by atoms with Gasteiger partial charge in [0, 0.05) is 12.0 Å².